The van der Waals surface area contributed by atoms with Gasteiger partial charge in [0, 0.05) is 75.2 Å². The number of carbonyl (C=O) groups is 1. The molecule has 1 fully saturated rings. The van der Waals surface area contributed by atoms with E-state index in [1.165, 1.54) is 6.07 Å². The van der Waals surface area contributed by atoms with Crippen molar-refractivity contribution in [3.05, 3.63) is 75.8 Å². The minimum atomic E-state index is -0.755. The maximum atomic E-state index is 16.6. The van der Waals surface area contributed by atoms with E-state index in [0.29, 0.717) is 56.0 Å². The van der Waals surface area contributed by atoms with E-state index in [1.807, 2.05) is 20.8 Å². The van der Waals surface area contributed by atoms with Crippen molar-refractivity contribution in [1.29, 1.82) is 0 Å². The summed E-state index contributed by atoms with van der Waals surface area (Å²) in [6.45, 7) is 13.7. The molecule has 1 saturated heterocycles. The predicted octanol–water partition coefficient (Wildman–Crippen LogP) is 6.86. The molecule has 1 aliphatic carbocycles. The SMILES string of the molecule is C=C(/N=C1/C(F)=C(c2c(F)cccc2CCC)C(Cl)=C/C1=C(/C)N1CCN(C(C)=O)CC1)OCCC(N=CCC)=NC. The number of rotatable bonds is 10. The van der Waals surface area contributed by atoms with Crippen molar-refractivity contribution in [3.8, 4) is 0 Å². The second kappa shape index (κ2) is 15.6. The van der Waals surface area contributed by atoms with Crippen LogP contribution in [0, 0.1) is 5.82 Å². The Morgan fingerprint density at radius 3 is 2.45 bits per heavy atom. The molecule has 0 N–H and O–H groups in total. The number of hydrogen-bond acceptors (Lipinski definition) is 5. The first-order valence-corrected chi connectivity index (χ1v) is 14.7. The van der Waals surface area contributed by atoms with Gasteiger partial charge in [0.25, 0.3) is 0 Å². The molecule has 1 heterocycles. The molecule has 0 atom stereocenters. The lowest BCUT2D eigenvalue weighted by Crippen LogP contribution is -2.47. The number of nitrogens with zero attached hydrogens (tertiary/aromatic N) is 5. The average Bonchev–Trinajstić information content (AvgIpc) is 2.97. The Kier molecular flexibility index (Phi) is 12.2. The van der Waals surface area contributed by atoms with Crippen molar-refractivity contribution < 1.29 is 18.3 Å². The summed E-state index contributed by atoms with van der Waals surface area (Å²) in [4.78, 5) is 28.6. The van der Waals surface area contributed by atoms with Crippen molar-refractivity contribution in [2.75, 3.05) is 39.8 Å². The van der Waals surface area contributed by atoms with E-state index in [2.05, 4.69) is 26.5 Å². The number of halogens is 3. The summed E-state index contributed by atoms with van der Waals surface area (Å²) < 4.78 is 37.6. The van der Waals surface area contributed by atoms with Gasteiger partial charge in [0.1, 0.15) is 17.4 Å². The van der Waals surface area contributed by atoms with Gasteiger partial charge in [-0.1, -0.05) is 44.0 Å². The molecular formula is C32H40ClF2N5O2. The topological polar surface area (TPSA) is 69.9 Å². The zero-order chi connectivity index (χ0) is 30.8. The third-order valence-corrected chi connectivity index (χ3v) is 7.46. The first kappa shape index (κ1) is 32.9. The van der Waals surface area contributed by atoms with Crippen LogP contribution in [0.15, 0.2) is 73.8 Å². The molecule has 0 radical (unpaired) electrons. The Morgan fingerprint density at radius 1 is 1.14 bits per heavy atom. The van der Waals surface area contributed by atoms with Crippen LogP contribution in [0.25, 0.3) is 5.57 Å². The van der Waals surface area contributed by atoms with Gasteiger partial charge in [-0.15, -0.1) is 0 Å². The molecule has 1 aliphatic heterocycles. The van der Waals surface area contributed by atoms with Crippen LogP contribution in [0.2, 0.25) is 0 Å². The van der Waals surface area contributed by atoms with Crippen molar-refractivity contribution in [1.82, 2.24) is 9.80 Å². The summed E-state index contributed by atoms with van der Waals surface area (Å²) in [7, 11) is 1.66. The zero-order valence-corrected chi connectivity index (χ0v) is 25.9. The second-order valence-electron chi connectivity index (χ2n) is 10.0. The van der Waals surface area contributed by atoms with Crippen LogP contribution in [-0.4, -0.2) is 73.3 Å². The summed E-state index contributed by atoms with van der Waals surface area (Å²) in [6.07, 6.45) is 5.90. The van der Waals surface area contributed by atoms with Gasteiger partial charge in [-0.2, -0.15) is 0 Å². The van der Waals surface area contributed by atoms with Gasteiger partial charge < -0.3 is 14.5 Å². The number of aliphatic imine (C=N–C) groups is 3. The van der Waals surface area contributed by atoms with Gasteiger partial charge >= 0.3 is 0 Å². The molecule has 1 amide bonds. The van der Waals surface area contributed by atoms with Crippen molar-refractivity contribution in [3.63, 3.8) is 0 Å². The van der Waals surface area contributed by atoms with E-state index in [4.69, 9.17) is 16.3 Å². The van der Waals surface area contributed by atoms with E-state index < -0.39 is 11.6 Å². The molecule has 226 valence electrons. The van der Waals surface area contributed by atoms with Crippen LogP contribution in [0.3, 0.4) is 0 Å². The summed E-state index contributed by atoms with van der Waals surface area (Å²) >= 11 is 6.73. The van der Waals surface area contributed by atoms with Gasteiger partial charge in [0.15, 0.2) is 5.83 Å². The highest BCUT2D eigenvalue weighted by Crippen LogP contribution is 2.41. The fourth-order valence-corrected chi connectivity index (χ4v) is 5.21. The van der Waals surface area contributed by atoms with Gasteiger partial charge in [-0.25, -0.2) is 18.8 Å². The van der Waals surface area contributed by atoms with E-state index in [1.54, 1.807) is 43.3 Å². The lowest BCUT2D eigenvalue weighted by atomic mass is 9.88. The Morgan fingerprint density at radius 2 is 1.83 bits per heavy atom. The van der Waals surface area contributed by atoms with Crippen LogP contribution >= 0.6 is 11.6 Å². The number of hydrogen-bond donors (Lipinski definition) is 0. The Labute approximate surface area is 252 Å². The van der Waals surface area contributed by atoms with Crippen molar-refractivity contribution in [2.24, 2.45) is 15.0 Å². The Hall–Kier alpha value is -3.59. The molecule has 1 aromatic rings. The normalized spacial score (nSPS) is 18.6. The second-order valence-corrected chi connectivity index (χ2v) is 10.4. The highest BCUT2D eigenvalue weighted by molar-refractivity contribution is 6.41. The Balaban J connectivity index is 2.05. The van der Waals surface area contributed by atoms with Crippen LogP contribution in [0.5, 0.6) is 0 Å². The van der Waals surface area contributed by atoms with Crippen LogP contribution in [-0.2, 0) is 16.0 Å². The number of amides is 1. The van der Waals surface area contributed by atoms with Crippen LogP contribution in [0.1, 0.15) is 58.1 Å². The molecule has 2 aliphatic rings. The van der Waals surface area contributed by atoms with E-state index in [9.17, 15) is 4.79 Å². The molecular weight excluding hydrogens is 560 g/mol. The molecule has 7 nitrogen and oxygen atoms in total. The number of benzene rings is 1. The molecule has 42 heavy (non-hydrogen) atoms. The predicted molar refractivity (Wildman–Crippen MR) is 168 cm³/mol. The number of ether oxygens (including phenoxy) is 1. The average molecular weight is 600 g/mol. The lowest BCUT2D eigenvalue weighted by Gasteiger charge is -2.37. The maximum absolute atomic E-state index is 16.6. The third kappa shape index (κ3) is 8.03. The molecule has 10 heteroatoms. The van der Waals surface area contributed by atoms with Crippen molar-refractivity contribution in [2.45, 2.75) is 53.4 Å². The summed E-state index contributed by atoms with van der Waals surface area (Å²) in [6, 6.07) is 4.70. The number of amidine groups is 1. The molecule has 0 spiro atoms. The molecule has 1 aromatic carbocycles. The fourth-order valence-electron chi connectivity index (χ4n) is 4.92. The minimum absolute atomic E-state index is 0.00476. The van der Waals surface area contributed by atoms with Gasteiger partial charge in [0.2, 0.25) is 11.8 Å². The van der Waals surface area contributed by atoms with Crippen LogP contribution in [0.4, 0.5) is 8.78 Å². The first-order chi connectivity index (χ1) is 20.1. The van der Waals surface area contributed by atoms with Crippen molar-refractivity contribution >= 4 is 40.8 Å². The van der Waals surface area contributed by atoms with E-state index >= 15 is 8.78 Å². The summed E-state index contributed by atoms with van der Waals surface area (Å²) in [5.41, 5.74) is 1.88. The number of carbonyl (C=O) groups excluding carboxylic acids is 1. The molecule has 0 saturated carbocycles. The van der Waals surface area contributed by atoms with E-state index in [0.717, 1.165) is 18.5 Å². The Bertz CT molecular complexity index is 1370. The third-order valence-electron chi connectivity index (χ3n) is 7.16. The standard InChI is InChI=1S/C32H40ClF2N5O2/c1-7-10-24-11-9-12-27(34)29(24)30-26(33)20-25(21(3)39-15-17-40(18-16-39)23(5)41)32(31(30)35)38-22(4)42-19-13-28(36-6)37-14-8-2/h9,11-12,14,20H,4,7-8,10,13,15-19H2,1-3,5-6H3/b25-21+,36-28?,37-14?,38-32+. The minimum Gasteiger partial charge on any atom is -0.478 e. The van der Waals surface area contributed by atoms with Gasteiger partial charge in [-0.3, -0.25) is 9.79 Å². The summed E-state index contributed by atoms with van der Waals surface area (Å²) in [5, 5.41) is 0.0785. The number of aryl methyl sites for hydroxylation is 1. The number of allylic oxidation sites excluding steroid dienone is 6. The first-order valence-electron chi connectivity index (χ1n) is 14.3. The number of piperazine rings is 1. The monoisotopic (exact) mass is 599 g/mol. The van der Waals surface area contributed by atoms with Crippen LogP contribution < -0.4 is 0 Å². The maximum Gasteiger partial charge on any atom is 0.219 e. The fraction of sp³-hybridized carbons (Fsp3) is 0.438. The zero-order valence-electron chi connectivity index (χ0n) is 25.1. The molecule has 0 bridgehead atoms. The summed E-state index contributed by atoms with van der Waals surface area (Å²) in [5.74, 6) is -0.693. The highest BCUT2D eigenvalue weighted by Gasteiger charge is 2.31. The highest BCUT2D eigenvalue weighted by atomic mass is 35.5. The molecule has 0 unspecified atom stereocenters. The molecule has 3 rings (SSSR count). The van der Waals surface area contributed by atoms with Gasteiger partial charge in [0.05, 0.1) is 11.6 Å². The largest absolute Gasteiger partial charge is 0.478 e. The smallest absolute Gasteiger partial charge is 0.219 e. The molecule has 0 aromatic heterocycles. The lowest BCUT2D eigenvalue weighted by molar-refractivity contribution is -0.130. The van der Waals surface area contributed by atoms with E-state index in [-0.39, 0.29) is 40.3 Å². The van der Waals surface area contributed by atoms with Gasteiger partial charge in [-0.05, 0) is 44.1 Å². The quantitative estimate of drug-likeness (QED) is 0.168.